The number of carbonyl (C=O) groups is 2. The van der Waals surface area contributed by atoms with Gasteiger partial charge in [-0.2, -0.15) is 0 Å². The molecule has 188 valence electrons. The molecule has 0 bridgehead atoms. The topological polar surface area (TPSA) is 86.8 Å². The van der Waals surface area contributed by atoms with Gasteiger partial charge in [-0.3, -0.25) is 13.9 Å². The van der Waals surface area contributed by atoms with E-state index in [2.05, 4.69) is 5.32 Å². The number of nitrogens with one attached hydrogen (secondary N) is 1. The van der Waals surface area contributed by atoms with Crippen LogP contribution >= 0.6 is 0 Å². The first kappa shape index (κ1) is 25.4. The number of rotatable bonds is 7. The standard InChI is InChI=1S/C28H31N3O4S/c1-20-10-14-24(15-11-20)36(34,35)31(23-13-12-21(2)22(3)18-23)19-27(32)29-26-9-5-4-8-25(26)28(33)30-16-6-7-17-30/h4-5,8-15,18H,6-7,16-17,19H2,1-3H3,(H,29,32). The minimum absolute atomic E-state index is 0.101. The Hall–Kier alpha value is -3.65. The first-order valence-electron chi connectivity index (χ1n) is 12.0. The molecule has 0 saturated carbocycles. The molecule has 7 nitrogen and oxygen atoms in total. The van der Waals surface area contributed by atoms with Crippen molar-refractivity contribution in [3.63, 3.8) is 0 Å². The number of benzene rings is 3. The Morgan fingerprint density at radius 2 is 1.56 bits per heavy atom. The number of hydrogen-bond acceptors (Lipinski definition) is 4. The van der Waals surface area contributed by atoms with Crippen molar-refractivity contribution in [3.8, 4) is 0 Å². The molecule has 0 spiro atoms. The fourth-order valence-electron chi connectivity index (χ4n) is 4.22. The lowest BCUT2D eigenvalue weighted by Gasteiger charge is -2.25. The molecule has 8 heteroatoms. The summed E-state index contributed by atoms with van der Waals surface area (Å²) in [5, 5.41) is 2.78. The van der Waals surface area contributed by atoms with Gasteiger partial charge in [-0.1, -0.05) is 35.9 Å². The van der Waals surface area contributed by atoms with Gasteiger partial charge in [0.2, 0.25) is 5.91 Å². The van der Waals surface area contributed by atoms with E-state index in [-0.39, 0.29) is 10.8 Å². The third kappa shape index (κ3) is 5.44. The molecule has 0 radical (unpaired) electrons. The van der Waals surface area contributed by atoms with Crippen molar-refractivity contribution in [2.75, 3.05) is 29.3 Å². The van der Waals surface area contributed by atoms with Crippen LogP contribution in [0.3, 0.4) is 0 Å². The third-order valence-corrected chi connectivity index (χ3v) is 8.29. The second-order valence-corrected chi connectivity index (χ2v) is 11.0. The average molecular weight is 506 g/mol. The minimum atomic E-state index is -4.03. The summed E-state index contributed by atoms with van der Waals surface area (Å²) in [6.07, 6.45) is 1.92. The van der Waals surface area contributed by atoms with Gasteiger partial charge in [0.1, 0.15) is 6.54 Å². The summed E-state index contributed by atoms with van der Waals surface area (Å²) < 4.78 is 28.4. The van der Waals surface area contributed by atoms with E-state index in [4.69, 9.17) is 0 Å². The summed E-state index contributed by atoms with van der Waals surface area (Å²) in [5.41, 5.74) is 4.03. The molecule has 1 heterocycles. The average Bonchev–Trinajstić information content (AvgIpc) is 3.40. The van der Waals surface area contributed by atoms with Gasteiger partial charge in [-0.15, -0.1) is 0 Å². The van der Waals surface area contributed by atoms with Crippen LogP contribution in [-0.2, 0) is 14.8 Å². The zero-order valence-corrected chi connectivity index (χ0v) is 21.6. The van der Waals surface area contributed by atoms with E-state index >= 15 is 0 Å². The monoisotopic (exact) mass is 505 g/mol. The molecule has 1 aliphatic heterocycles. The lowest BCUT2D eigenvalue weighted by atomic mass is 10.1. The second-order valence-electron chi connectivity index (χ2n) is 9.19. The van der Waals surface area contributed by atoms with Crippen LogP contribution in [0.1, 0.15) is 39.9 Å². The number of sulfonamides is 1. The van der Waals surface area contributed by atoms with Crippen molar-refractivity contribution in [1.82, 2.24) is 4.90 Å². The first-order valence-corrected chi connectivity index (χ1v) is 13.5. The number of carbonyl (C=O) groups excluding carboxylic acids is 2. The van der Waals surface area contributed by atoms with Crippen LogP contribution in [0.5, 0.6) is 0 Å². The van der Waals surface area contributed by atoms with Gasteiger partial charge in [0.25, 0.3) is 15.9 Å². The molecule has 0 aliphatic carbocycles. The second kappa shape index (κ2) is 10.5. The van der Waals surface area contributed by atoms with Gasteiger partial charge in [-0.25, -0.2) is 8.42 Å². The normalized spacial score (nSPS) is 13.5. The van der Waals surface area contributed by atoms with E-state index in [0.717, 1.165) is 33.8 Å². The Balaban J connectivity index is 1.64. The molecular formula is C28H31N3O4S. The van der Waals surface area contributed by atoms with Crippen LogP contribution in [0.2, 0.25) is 0 Å². The van der Waals surface area contributed by atoms with Crippen LogP contribution in [0.15, 0.2) is 71.6 Å². The molecule has 36 heavy (non-hydrogen) atoms. The summed E-state index contributed by atoms with van der Waals surface area (Å²) in [5.74, 6) is -0.674. The lowest BCUT2D eigenvalue weighted by Crippen LogP contribution is -2.38. The van der Waals surface area contributed by atoms with Gasteiger partial charge < -0.3 is 10.2 Å². The Bertz CT molecular complexity index is 1380. The molecule has 1 aliphatic rings. The van der Waals surface area contributed by atoms with E-state index in [0.29, 0.717) is 30.0 Å². The zero-order valence-electron chi connectivity index (χ0n) is 20.8. The molecule has 1 fully saturated rings. The molecule has 2 amide bonds. The quantitative estimate of drug-likeness (QED) is 0.505. The minimum Gasteiger partial charge on any atom is -0.339 e. The van der Waals surface area contributed by atoms with E-state index in [1.807, 2.05) is 26.8 Å². The molecule has 1 saturated heterocycles. The maximum atomic E-state index is 13.7. The maximum Gasteiger partial charge on any atom is 0.264 e. The Labute approximate surface area is 212 Å². The molecule has 1 N–H and O–H groups in total. The van der Waals surface area contributed by atoms with Crippen LogP contribution in [0, 0.1) is 20.8 Å². The lowest BCUT2D eigenvalue weighted by molar-refractivity contribution is -0.114. The summed E-state index contributed by atoms with van der Waals surface area (Å²) in [6, 6.07) is 18.7. The highest BCUT2D eigenvalue weighted by molar-refractivity contribution is 7.92. The largest absolute Gasteiger partial charge is 0.339 e. The molecular weight excluding hydrogens is 474 g/mol. The van der Waals surface area contributed by atoms with Gasteiger partial charge in [0.05, 0.1) is 21.8 Å². The zero-order chi connectivity index (χ0) is 25.9. The van der Waals surface area contributed by atoms with Gasteiger partial charge >= 0.3 is 0 Å². The Morgan fingerprint density at radius 1 is 0.889 bits per heavy atom. The van der Waals surface area contributed by atoms with Gasteiger partial charge in [0.15, 0.2) is 0 Å². The number of aryl methyl sites for hydroxylation is 3. The number of para-hydroxylation sites is 1. The molecule has 0 atom stereocenters. The van der Waals surface area contributed by atoms with Crippen molar-refractivity contribution < 1.29 is 18.0 Å². The molecule has 3 aromatic rings. The first-order chi connectivity index (χ1) is 17.2. The number of anilines is 2. The highest BCUT2D eigenvalue weighted by Gasteiger charge is 2.28. The van der Waals surface area contributed by atoms with E-state index < -0.39 is 22.5 Å². The predicted molar refractivity (Wildman–Crippen MR) is 142 cm³/mol. The maximum absolute atomic E-state index is 13.7. The fraction of sp³-hybridized carbons (Fsp3) is 0.286. The Morgan fingerprint density at radius 3 is 2.22 bits per heavy atom. The smallest absolute Gasteiger partial charge is 0.264 e. The van der Waals surface area contributed by atoms with Crippen molar-refractivity contribution >= 4 is 33.2 Å². The number of nitrogens with zero attached hydrogens (tertiary/aromatic N) is 2. The van der Waals surface area contributed by atoms with Crippen molar-refractivity contribution in [3.05, 3.63) is 89.0 Å². The fourth-order valence-corrected chi connectivity index (χ4v) is 5.64. The summed E-state index contributed by atoms with van der Waals surface area (Å²) in [7, 11) is -4.03. The number of likely N-dealkylation sites (tertiary alicyclic amines) is 1. The van der Waals surface area contributed by atoms with E-state index in [9.17, 15) is 18.0 Å². The Kier molecular flexibility index (Phi) is 7.45. The molecule has 0 unspecified atom stereocenters. The summed E-state index contributed by atoms with van der Waals surface area (Å²) in [4.78, 5) is 28.1. The highest BCUT2D eigenvalue weighted by atomic mass is 32.2. The van der Waals surface area contributed by atoms with Crippen LogP contribution in [0.4, 0.5) is 11.4 Å². The molecule has 0 aromatic heterocycles. The summed E-state index contributed by atoms with van der Waals surface area (Å²) >= 11 is 0. The van der Waals surface area contributed by atoms with Crippen LogP contribution in [-0.4, -0.2) is 44.8 Å². The predicted octanol–water partition coefficient (Wildman–Crippen LogP) is 4.68. The highest BCUT2D eigenvalue weighted by Crippen LogP contribution is 2.27. The third-order valence-electron chi connectivity index (χ3n) is 6.50. The van der Waals surface area contributed by atoms with Gasteiger partial charge in [-0.05, 0) is 81.1 Å². The van der Waals surface area contributed by atoms with Crippen molar-refractivity contribution in [2.24, 2.45) is 0 Å². The van der Waals surface area contributed by atoms with E-state index in [1.54, 1.807) is 65.6 Å². The SMILES string of the molecule is Cc1ccc(S(=O)(=O)N(CC(=O)Nc2ccccc2C(=O)N2CCCC2)c2ccc(C)c(C)c2)cc1. The van der Waals surface area contributed by atoms with E-state index in [1.165, 1.54) is 0 Å². The summed E-state index contributed by atoms with van der Waals surface area (Å²) in [6.45, 7) is 6.67. The molecule has 4 rings (SSSR count). The van der Waals surface area contributed by atoms with Crippen molar-refractivity contribution in [1.29, 1.82) is 0 Å². The van der Waals surface area contributed by atoms with Crippen molar-refractivity contribution in [2.45, 2.75) is 38.5 Å². The number of hydrogen-bond donors (Lipinski definition) is 1. The van der Waals surface area contributed by atoms with Crippen LogP contribution < -0.4 is 9.62 Å². The van der Waals surface area contributed by atoms with Gasteiger partial charge in [0, 0.05) is 13.1 Å². The number of amides is 2. The van der Waals surface area contributed by atoms with Crippen LogP contribution in [0.25, 0.3) is 0 Å². The molecule has 3 aromatic carbocycles.